The first kappa shape index (κ1) is 26.5. The second kappa shape index (κ2) is 11.4. The number of amides is 3. The maximum absolute atomic E-state index is 13.2. The minimum absolute atomic E-state index is 0.0427. The van der Waals surface area contributed by atoms with E-state index in [1.165, 1.54) is 0 Å². The molecule has 39 heavy (non-hydrogen) atoms. The number of nitrogens with zero attached hydrogens (tertiary/aromatic N) is 4. The molecule has 3 amide bonds. The predicted molar refractivity (Wildman–Crippen MR) is 144 cm³/mol. The summed E-state index contributed by atoms with van der Waals surface area (Å²) in [4.78, 5) is 42.3. The number of aliphatic carboxylic acids is 1. The Morgan fingerprint density at radius 1 is 0.949 bits per heavy atom. The van der Waals surface area contributed by atoms with Gasteiger partial charge in [0.25, 0.3) is 0 Å². The Kier molecular flexibility index (Phi) is 7.73. The van der Waals surface area contributed by atoms with E-state index in [0.29, 0.717) is 51.9 Å². The lowest BCUT2D eigenvalue weighted by Crippen LogP contribution is -2.44. The molecule has 3 aliphatic rings. The van der Waals surface area contributed by atoms with Crippen LogP contribution in [0, 0.1) is 17.2 Å². The number of carbonyl (C=O) groups excluding carboxylic acids is 2. The number of benzene rings is 2. The van der Waals surface area contributed by atoms with Gasteiger partial charge in [-0.2, -0.15) is 5.26 Å². The van der Waals surface area contributed by atoms with Gasteiger partial charge < -0.3 is 19.6 Å². The van der Waals surface area contributed by atoms with Crippen LogP contribution in [0.25, 0.3) is 0 Å². The number of rotatable bonds is 6. The predicted octanol–water partition coefficient (Wildman–Crippen LogP) is 4.77. The second-order valence-electron chi connectivity index (χ2n) is 10.7. The molecule has 2 aromatic carbocycles. The van der Waals surface area contributed by atoms with E-state index in [9.17, 15) is 24.8 Å². The molecule has 1 saturated carbocycles. The molecule has 5 rings (SSSR count). The van der Waals surface area contributed by atoms with E-state index in [4.69, 9.17) is 4.74 Å². The second-order valence-corrected chi connectivity index (χ2v) is 10.7. The highest BCUT2D eigenvalue weighted by Gasteiger charge is 2.40. The van der Waals surface area contributed by atoms with Crippen LogP contribution in [0.5, 0.6) is 0 Å². The lowest BCUT2D eigenvalue weighted by atomic mass is 9.74. The molecule has 1 aliphatic carbocycles. The fourth-order valence-corrected chi connectivity index (χ4v) is 6.07. The summed E-state index contributed by atoms with van der Waals surface area (Å²) in [6.07, 6.45) is 3.31. The molecule has 9 nitrogen and oxygen atoms in total. The van der Waals surface area contributed by atoms with Gasteiger partial charge in [-0.25, -0.2) is 9.59 Å². The summed E-state index contributed by atoms with van der Waals surface area (Å²) in [5.74, 6) is -1.05. The number of ether oxygens (including phenoxy) is 1. The van der Waals surface area contributed by atoms with Crippen LogP contribution in [0.3, 0.4) is 0 Å². The lowest BCUT2D eigenvalue weighted by molar-refractivity contribution is -0.143. The third-order valence-electron chi connectivity index (χ3n) is 8.55. The summed E-state index contributed by atoms with van der Waals surface area (Å²) >= 11 is 0. The van der Waals surface area contributed by atoms with Gasteiger partial charge in [0.1, 0.15) is 6.61 Å². The van der Waals surface area contributed by atoms with Crippen LogP contribution in [0.2, 0.25) is 0 Å². The molecule has 0 bridgehead atoms. The van der Waals surface area contributed by atoms with Crippen molar-refractivity contribution in [3.05, 3.63) is 65.7 Å². The molecule has 2 heterocycles. The zero-order valence-electron chi connectivity index (χ0n) is 22.0. The van der Waals surface area contributed by atoms with Crippen molar-refractivity contribution < 1.29 is 24.2 Å². The average molecular weight is 531 g/mol. The van der Waals surface area contributed by atoms with Crippen molar-refractivity contribution in [1.29, 1.82) is 5.26 Å². The lowest BCUT2D eigenvalue weighted by Gasteiger charge is -2.37. The van der Waals surface area contributed by atoms with Crippen molar-refractivity contribution in [2.45, 2.75) is 56.6 Å². The Bertz CT molecular complexity index is 1230. The van der Waals surface area contributed by atoms with Gasteiger partial charge in [-0.05, 0) is 61.8 Å². The Morgan fingerprint density at radius 3 is 2.23 bits per heavy atom. The highest BCUT2D eigenvalue weighted by Crippen LogP contribution is 2.37. The van der Waals surface area contributed by atoms with Gasteiger partial charge >= 0.3 is 18.1 Å². The largest absolute Gasteiger partial charge is 0.481 e. The van der Waals surface area contributed by atoms with Crippen LogP contribution in [0.1, 0.15) is 49.7 Å². The summed E-state index contributed by atoms with van der Waals surface area (Å²) < 4.78 is 5.46. The first-order valence-corrected chi connectivity index (χ1v) is 13.7. The van der Waals surface area contributed by atoms with Gasteiger partial charge in [0, 0.05) is 37.9 Å². The molecule has 0 atom stereocenters. The summed E-state index contributed by atoms with van der Waals surface area (Å²) in [6.45, 7) is 2.30. The van der Waals surface area contributed by atoms with Gasteiger partial charge in [0.15, 0.2) is 0 Å². The molecular weight excluding hydrogens is 496 g/mol. The van der Waals surface area contributed by atoms with E-state index in [0.717, 1.165) is 29.7 Å². The Labute approximate surface area is 228 Å². The highest BCUT2D eigenvalue weighted by atomic mass is 16.6. The molecule has 0 spiro atoms. The van der Waals surface area contributed by atoms with Crippen molar-refractivity contribution in [2.75, 3.05) is 31.1 Å². The van der Waals surface area contributed by atoms with E-state index in [1.807, 2.05) is 59.5 Å². The molecule has 0 aromatic heterocycles. The molecule has 9 heteroatoms. The van der Waals surface area contributed by atoms with E-state index in [-0.39, 0.29) is 30.7 Å². The molecule has 1 N–H and O–H groups in total. The van der Waals surface area contributed by atoms with Crippen LogP contribution < -0.4 is 4.90 Å². The summed E-state index contributed by atoms with van der Waals surface area (Å²) in [5, 5.41) is 19.4. The first-order valence-electron chi connectivity index (χ1n) is 13.7. The molecule has 204 valence electrons. The van der Waals surface area contributed by atoms with Gasteiger partial charge in [-0.15, -0.1) is 0 Å². The topological polar surface area (TPSA) is 114 Å². The van der Waals surface area contributed by atoms with Crippen molar-refractivity contribution in [3.63, 3.8) is 0 Å². The van der Waals surface area contributed by atoms with Gasteiger partial charge in [-0.3, -0.25) is 9.69 Å². The standard InChI is InChI=1S/C30H34N4O5/c31-21-30(14-16-32(17-15-30)29(38)39-20-22-4-2-1-3-5-22)24-8-12-26(13-9-24)34-19-18-33(28(34)37)25-10-6-23(7-11-25)27(35)36/h1-5,8-9,12-13,23,25H,6-7,10-11,14-20H2,(H,35,36). The van der Waals surface area contributed by atoms with Crippen molar-refractivity contribution in [2.24, 2.45) is 5.92 Å². The minimum Gasteiger partial charge on any atom is -0.481 e. The van der Waals surface area contributed by atoms with Gasteiger partial charge in [0.05, 0.1) is 17.4 Å². The quantitative estimate of drug-likeness (QED) is 0.576. The fraction of sp³-hybridized carbons (Fsp3) is 0.467. The molecule has 2 saturated heterocycles. The Hall–Kier alpha value is -4.06. The van der Waals surface area contributed by atoms with Crippen molar-refractivity contribution >= 4 is 23.8 Å². The van der Waals surface area contributed by atoms with Crippen LogP contribution in [0.4, 0.5) is 15.3 Å². The molecule has 2 aliphatic heterocycles. The third-order valence-corrected chi connectivity index (χ3v) is 8.55. The molecule has 3 fully saturated rings. The van der Waals surface area contributed by atoms with Crippen LogP contribution >= 0.6 is 0 Å². The normalized spacial score (nSPS) is 22.8. The number of carboxylic acid groups (broad SMARTS) is 1. The maximum atomic E-state index is 13.2. The number of anilines is 1. The van der Waals surface area contributed by atoms with Crippen LogP contribution in [-0.2, 0) is 21.6 Å². The Balaban J connectivity index is 1.17. The highest BCUT2D eigenvalue weighted by molar-refractivity contribution is 5.94. The van der Waals surface area contributed by atoms with Crippen molar-refractivity contribution in [1.82, 2.24) is 9.80 Å². The molecular formula is C30H34N4O5. The summed E-state index contributed by atoms with van der Waals surface area (Å²) in [5.41, 5.74) is 1.92. The number of carboxylic acids is 1. The van der Waals surface area contributed by atoms with Crippen LogP contribution in [0.15, 0.2) is 54.6 Å². The minimum atomic E-state index is -0.744. The average Bonchev–Trinajstić information content (AvgIpc) is 3.37. The fourth-order valence-electron chi connectivity index (χ4n) is 6.07. The van der Waals surface area contributed by atoms with E-state index in [2.05, 4.69) is 6.07 Å². The number of urea groups is 1. The molecule has 0 unspecified atom stereocenters. The number of likely N-dealkylation sites (tertiary alicyclic amines) is 1. The number of hydrogen-bond donors (Lipinski definition) is 1. The smallest absolute Gasteiger partial charge is 0.410 e. The first-order chi connectivity index (χ1) is 18.9. The van der Waals surface area contributed by atoms with Crippen molar-refractivity contribution in [3.8, 4) is 6.07 Å². The Morgan fingerprint density at radius 2 is 1.62 bits per heavy atom. The van der Waals surface area contributed by atoms with Crippen LogP contribution in [-0.4, -0.2) is 65.2 Å². The SMILES string of the molecule is N#CC1(c2ccc(N3CCN(C4CCC(C(=O)O)CC4)C3=O)cc2)CCN(C(=O)OCc2ccccc2)CC1. The number of carbonyl (C=O) groups is 3. The molecule has 0 radical (unpaired) electrons. The van der Waals surface area contributed by atoms with E-state index < -0.39 is 11.4 Å². The monoisotopic (exact) mass is 530 g/mol. The molecule has 2 aromatic rings. The number of piperidine rings is 1. The maximum Gasteiger partial charge on any atom is 0.410 e. The zero-order valence-corrected chi connectivity index (χ0v) is 22.0. The summed E-state index contributed by atoms with van der Waals surface area (Å²) in [7, 11) is 0. The zero-order chi connectivity index (χ0) is 27.4. The summed E-state index contributed by atoms with van der Waals surface area (Å²) in [6, 6.07) is 19.7. The third kappa shape index (κ3) is 5.56. The van der Waals surface area contributed by atoms with E-state index >= 15 is 0 Å². The van der Waals surface area contributed by atoms with E-state index in [1.54, 1.807) is 9.80 Å². The number of hydrogen-bond acceptors (Lipinski definition) is 5. The van der Waals surface area contributed by atoms with Gasteiger partial charge in [0.2, 0.25) is 0 Å². The number of nitriles is 1. The van der Waals surface area contributed by atoms with Gasteiger partial charge in [-0.1, -0.05) is 42.5 Å².